The highest BCUT2D eigenvalue weighted by Crippen LogP contribution is 2.32. The number of carbonyl (C=O) groups excluding carboxylic acids is 1. The highest BCUT2D eigenvalue weighted by atomic mass is 35.5. The average molecular weight is 283 g/mol. The first-order valence-corrected chi connectivity index (χ1v) is 7.44. The summed E-state index contributed by atoms with van der Waals surface area (Å²) in [5, 5.41) is 0.357. The molecule has 0 N–H and O–H groups in total. The molecular formula is C16H20ClFO. The van der Waals surface area contributed by atoms with Gasteiger partial charge in [-0.05, 0) is 49.3 Å². The van der Waals surface area contributed by atoms with Crippen LogP contribution in [0.5, 0.6) is 0 Å². The number of rotatable bonds is 4. The molecule has 0 aliphatic heterocycles. The number of hydrogen-bond donors (Lipinski definition) is 0. The van der Waals surface area contributed by atoms with Gasteiger partial charge in [0.25, 0.3) is 0 Å². The van der Waals surface area contributed by atoms with Gasteiger partial charge in [-0.1, -0.05) is 31.0 Å². The Balaban J connectivity index is 1.94. The van der Waals surface area contributed by atoms with E-state index in [4.69, 9.17) is 11.6 Å². The van der Waals surface area contributed by atoms with Gasteiger partial charge in [0.2, 0.25) is 0 Å². The van der Waals surface area contributed by atoms with Crippen molar-refractivity contribution in [3.05, 3.63) is 34.6 Å². The van der Waals surface area contributed by atoms with Crippen molar-refractivity contribution >= 4 is 17.4 Å². The van der Waals surface area contributed by atoms with Crippen LogP contribution in [-0.2, 0) is 11.2 Å². The van der Waals surface area contributed by atoms with Crippen LogP contribution in [0, 0.1) is 17.7 Å². The maximum atomic E-state index is 13.0. The van der Waals surface area contributed by atoms with Gasteiger partial charge >= 0.3 is 0 Å². The van der Waals surface area contributed by atoms with Crippen LogP contribution in [0.15, 0.2) is 18.2 Å². The topological polar surface area (TPSA) is 17.1 Å². The Bertz CT molecular complexity index is 450. The zero-order chi connectivity index (χ0) is 13.8. The van der Waals surface area contributed by atoms with Crippen LogP contribution >= 0.6 is 11.6 Å². The van der Waals surface area contributed by atoms with Gasteiger partial charge in [-0.3, -0.25) is 4.79 Å². The second-order valence-corrected chi connectivity index (χ2v) is 5.91. The Hall–Kier alpha value is -0.890. The van der Waals surface area contributed by atoms with Crippen LogP contribution in [0.3, 0.4) is 0 Å². The lowest BCUT2D eigenvalue weighted by Gasteiger charge is -2.26. The van der Waals surface area contributed by atoms with Crippen molar-refractivity contribution in [2.24, 2.45) is 11.8 Å². The third kappa shape index (κ3) is 3.79. The molecule has 0 atom stereocenters. The normalized spacial score (nSPS) is 23.3. The largest absolute Gasteiger partial charge is 0.299 e. The summed E-state index contributed by atoms with van der Waals surface area (Å²) in [5.41, 5.74) is 0.741. The highest BCUT2D eigenvalue weighted by Gasteiger charge is 2.25. The standard InChI is InChI=1S/C16H20ClFO/c1-2-11-3-5-12(6-4-11)16(19)9-13-7-8-14(18)10-15(13)17/h7-8,10-12H,2-6,9H2,1H3. The summed E-state index contributed by atoms with van der Waals surface area (Å²) >= 11 is 5.97. The minimum atomic E-state index is -0.357. The summed E-state index contributed by atoms with van der Waals surface area (Å²) in [7, 11) is 0. The number of Topliss-reactive ketones (excluding diaryl/α,β-unsaturated/α-hetero) is 1. The first-order valence-electron chi connectivity index (χ1n) is 7.06. The van der Waals surface area contributed by atoms with Crippen molar-refractivity contribution in [1.82, 2.24) is 0 Å². The summed E-state index contributed by atoms with van der Waals surface area (Å²) in [6, 6.07) is 4.26. The van der Waals surface area contributed by atoms with Gasteiger partial charge < -0.3 is 0 Å². The summed E-state index contributed by atoms with van der Waals surface area (Å²) in [6.45, 7) is 2.21. The molecule has 1 saturated carbocycles. The Kier molecular flexibility index (Phi) is 4.98. The third-order valence-electron chi connectivity index (χ3n) is 4.26. The van der Waals surface area contributed by atoms with Crippen molar-refractivity contribution in [3.63, 3.8) is 0 Å². The zero-order valence-corrected chi connectivity index (χ0v) is 12.0. The molecule has 1 nitrogen and oxygen atoms in total. The minimum Gasteiger partial charge on any atom is -0.299 e. The monoisotopic (exact) mass is 282 g/mol. The van der Waals surface area contributed by atoms with E-state index in [1.165, 1.54) is 18.6 Å². The molecule has 0 unspecified atom stereocenters. The van der Waals surface area contributed by atoms with E-state index in [1.54, 1.807) is 6.07 Å². The summed E-state index contributed by atoms with van der Waals surface area (Å²) < 4.78 is 13.0. The first kappa shape index (κ1) is 14.5. The maximum Gasteiger partial charge on any atom is 0.140 e. The molecule has 104 valence electrons. The highest BCUT2D eigenvalue weighted by molar-refractivity contribution is 6.31. The molecule has 1 fully saturated rings. The van der Waals surface area contributed by atoms with Crippen molar-refractivity contribution in [2.45, 2.75) is 45.4 Å². The zero-order valence-electron chi connectivity index (χ0n) is 11.3. The van der Waals surface area contributed by atoms with Gasteiger partial charge in [-0.2, -0.15) is 0 Å². The molecule has 19 heavy (non-hydrogen) atoms. The fourth-order valence-corrected chi connectivity index (χ4v) is 3.12. The number of halogens is 2. The molecule has 0 saturated heterocycles. The minimum absolute atomic E-state index is 0.170. The summed E-state index contributed by atoms with van der Waals surface area (Å²) in [4.78, 5) is 12.2. The van der Waals surface area contributed by atoms with Gasteiger partial charge in [-0.25, -0.2) is 4.39 Å². The van der Waals surface area contributed by atoms with Gasteiger partial charge in [-0.15, -0.1) is 0 Å². The number of hydrogen-bond acceptors (Lipinski definition) is 1. The average Bonchev–Trinajstić information content (AvgIpc) is 2.42. The lowest BCUT2D eigenvalue weighted by atomic mass is 9.78. The fourth-order valence-electron chi connectivity index (χ4n) is 2.89. The molecule has 0 heterocycles. The van der Waals surface area contributed by atoms with Gasteiger partial charge in [0, 0.05) is 17.4 Å². The molecule has 1 aliphatic rings. The molecule has 1 aromatic carbocycles. The van der Waals surface area contributed by atoms with Crippen LogP contribution in [0.25, 0.3) is 0 Å². The molecule has 2 rings (SSSR count). The second kappa shape index (κ2) is 6.51. The number of ketones is 1. The van der Waals surface area contributed by atoms with E-state index in [0.717, 1.165) is 37.2 Å². The summed E-state index contributed by atoms with van der Waals surface area (Å²) in [6.07, 6.45) is 5.85. The quantitative estimate of drug-likeness (QED) is 0.775. The van der Waals surface area contributed by atoms with E-state index in [1.807, 2.05) is 0 Å². The Morgan fingerprint density at radius 1 is 1.32 bits per heavy atom. The third-order valence-corrected chi connectivity index (χ3v) is 4.61. The fraction of sp³-hybridized carbons (Fsp3) is 0.562. The van der Waals surface area contributed by atoms with Crippen molar-refractivity contribution in [2.75, 3.05) is 0 Å². The molecule has 0 spiro atoms. The van der Waals surface area contributed by atoms with E-state index in [2.05, 4.69) is 6.92 Å². The SMILES string of the molecule is CCC1CCC(C(=O)Cc2ccc(F)cc2Cl)CC1. The van der Waals surface area contributed by atoms with Crippen molar-refractivity contribution in [1.29, 1.82) is 0 Å². The van der Waals surface area contributed by atoms with Gasteiger partial charge in [0.15, 0.2) is 0 Å². The second-order valence-electron chi connectivity index (χ2n) is 5.50. The van der Waals surface area contributed by atoms with Crippen molar-refractivity contribution < 1.29 is 9.18 Å². The van der Waals surface area contributed by atoms with E-state index in [0.29, 0.717) is 11.4 Å². The number of carbonyl (C=O) groups is 1. The molecule has 1 aliphatic carbocycles. The Morgan fingerprint density at radius 3 is 2.58 bits per heavy atom. The van der Waals surface area contributed by atoms with E-state index < -0.39 is 0 Å². The van der Waals surface area contributed by atoms with E-state index in [-0.39, 0.29) is 17.5 Å². The van der Waals surface area contributed by atoms with E-state index >= 15 is 0 Å². The van der Waals surface area contributed by atoms with Crippen LogP contribution in [-0.4, -0.2) is 5.78 Å². The molecule has 0 radical (unpaired) electrons. The molecule has 0 aromatic heterocycles. The van der Waals surface area contributed by atoms with Crippen LogP contribution < -0.4 is 0 Å². The van der Waals surface area contributed by atoms with Crippen LogP contribution in [0.2, 0.25) is 5.02 Å². The Labute approximate surface area is 119 Å². The predicted octanol–water partition coefficient (Wildman–Crippen LogP) is 4.81. The van der Waals surface area contributed by atoms with E-state index in [9.17, 15) is 9.18 Å². The number of benzene rings is 1. The molecular weight excluding hydrogens is 263 g/mol. The smallest absolute Gasteiger partial charge is 0.140 e. The maximum absolute atomic E-state index is 13.0. The molecule has 0 bridgehead atoms. The lowest BCUT2D eigenvalue weighted by Crippen LogP contribution is -2.23. The van der Waals surface area contributed by atoms with Crippen LogP contribution in [0.4, 0.5) is 4.39 Å². The molecule has 3 heteroatoms. The van der Waals surface area contributed by atoms with Gasteiger partial charge in [0.1, 0.15) is 11.6 Å². The van der Waals surface area contributed by atoms with Crippen molar-refractivity contribution in [3.8, 4) is 0 Å². The predicted molar refractivity (Wildman–Crippen MR) is 75.9 cm³/mol. The summed E-state index contributed by atoms with van der Waals surface area (Å²) in [5.74, 6) is 0.857. The first-order chi connectivity index (χ1) is 9.10. The molecule has 0 amide bonds. The lowest BCUT2D eigenvalue weighted by molar-refractivity contribution is -0.123. The Morgan fingerprint density at radius 2 is 2.00 bits per heavy atom. The van der Waals surface area contributed by atoms with Gasteiger partial charge in [0.05, 0.1) is 0 Å². The molecule has 1 aromatic rings. The van der Waals surface area contributed by atoms with Crippen LogP contribution in [0.1, 0.15) is 44.6 Å².